The molecule has 0 saturated heterocycles. The van der Waals surface area contributed by atoms with Crippen LogP contribution in [0.3, 0.4) is 0 Å². The van der Waals surface area contributed by atoms with Gasteiger partial charge < -0.3 is 20.5 Å². The number of ether oxygens (including phenoxy) is 1. The Bertz CT molecular complexity index is 1010. The van der Waals surface area contributed by atoms with Crippen molar-refractivity contribution in [3.8, 4) is 11.1 Å². The van der Waals surface area contributed by atoms with E-state index in [9.17, 15) is 14.4 Å². The summed E-state index contributed by atoms with van der Waals surface area (Å²) in [6.07, 6.45) is 2.79. The van der Waals surface area contributed by atoms with Gasteiger partial charge in [0.05, 0.1) is 5.92 Å². The van der Waals surface area contributed by atoms with Crippen LogP contribution in [0.25, 0.3) is 11.1 Å². The lowest BCUT2D eigenvalue weighted by molar-refractivity contribution is -0.141. The van der Waals surface area contributed by atoms with E-state index in [1.165, 1.54) is 11.1 Å². The molecule has 34 heavy (non-hydrogen) atoms. The van der Waals surface area contributed by atoms with Crippen molar-refractivity contribution in [1.29, 1.82) is 0 Å². The summed E-state index contributed by atoms with van der Waals surface area (Å²) < 4.78 is 5.62. The third kappa shape index (κ3) is 5.41. The van der Waals surface area contributed by atoms with Crippen molar-refractivity contribution in [2.75, 3.05) is 6.61 Å². The fourth-order valence-electron chi connectivity index (χ4n) is 5.23. The molecule has 0 heterocycles. The van der Waals surface area contributed by atoms with E-state index in [2.05, 4.69) is 34.9 Å². The predicted octanol–water partition coefficient (Wildman–Crippen LogP) is 4.45. The van der Waals surface area contributed by atoms with Gasteiger partial charge in [0.2, 0.25) is 5.91 Å². The Morgan fingerprint density at radius 1 is 1.03 bits per heavy atom. The number of carboxylic acids is 1. The molecule has 0 radical (unpaired) electrons. The van der Waals surface area contributed by atoms with Crippen molar-refractivity contribution in [3.63, 3.8) is 0 Å². The molecule has 2 aromatic rings. The topological polar surface area (TPSA) is 105 Å². The number of carbonyl (C=O) groups excluding carboxylic acids is 2. The molecule has 3 N–H and O–H groups in total. The molecule has 0 aliphatic heterocycles. The first-order valence-corrected chi connectivity index (χ1v) is 12.1. The van der Waals surface area contributed by atoms with E-state index < -0.39 is 18.0 Å². The van der Waals surface area contributed by atoms with Gasteiger partial charge in [0.15, 0.2) is 0 Å². The van der Waals surface area contributed by atoms with Crippen molar-refractivity contribution in [1.82, 2.24) is 10.6 Å². The molecule has 3 atom stereocenters. The second-order valence-corrected chi connectivity index (χ2v) is 9.27. The van der Waals surface area contributed by atoms with Crippen molar-refractivity contribution >= 4 is 18.0 Å². The van der Waals surface area contributed by atoms with Crippen LogP contribution in [0.2, 0.25) is 0 Å². The molecule has 1 saturated carbocycles. The predicted molar refractivity (Wildman–Crippen MR) is 128 cm³/mol. The van der Waals surface area contributed by atoms with E-state index >= 15 is 0 Å². The first-order chi connectivity index (χ1) is 16.5. The maximum Gasteiger partial charge on any atom is 0.407 e. The van der Waals surface area contributed by atoms with Gasteiger partial charge in [0.1, 0.15) is 6.61 Å². The zero-order valence-electron chi connectivity index (χ0n) is 19.5. The number of aliphatic carboxylic acids is 1. The largest absolute Gasteiger partial charge is 0.481 e. The van der Waals surface area contributed by atoms with Gasteiger partial charge in [-0.25, -0.2) is 4.79 Å². The molecule has 0 aromatic heterocycles. The molecule has 2 aliphatic carbocycles. The van der Waals surface area contributed by atoms with Crippen LogP contribution in [0.1, 0.15) is 62.5 Å². The first-order valence-electron chi connectivity index (χ1n) is 12.1. The summed E-state index contributed by atoms with van der Waals surface area (Å²) in [6.45, 7) is 2.22. The second kappa shape index (κ2) is 10.7. The molecule has 7 heteroatoms. The van der Waals surface area contributed by atoms with Crippen molar-refractivity contribution < 1.29 is 24.2 Å². The van der Waals surface area contributed by atoms with E-state index in [-0.39, 0.29) is 36.9 Å². The van der Waals surface area contributed by atoms with Gasteiger partial charge in [-0.2, -0.15) is 0 Å². The standard InChI is InChI=1S/C27H32N2O5/c1-2-7-18(15-25(30)28-19-13-12-17(14-19)26(31)32)29-27(33)34-16-24-22-10-5-3-8-20(22)21-9-4-6-11-23(21)24/h3-6,8-11,17-19,24H,2,7,12-16H2,1H3,(H,28,30)(H,29,33)(H,31,32)/t17?,18-,19?/m0/s1. The molecule has 0 bridgehead atoms. The fourth-order valence-corrected chi connectivity index (χ4v) is 5.23. The number of benzene rings is 2. The molecular formula is C27H32N2O5. The number of carbonyl (C=O) groups is 3. The number of nitrogens with one attached hydrogen (secondary N) is 2. The Balaban J connectivity index is 1.30. The Hall–Kier alpha value is -3.35. The summed E-state index contributed by atoms with van der Waals surface area (Å²) >= 11 is 0. The van der Waals surface area contributed by atoms with Crippen LogP contribution in [0, 0.1) is 5.92 Å². The van der Waals surface area contributed by atoms with Gasteiger partial charge in [-0.15, -0.1) is 0 Å². The Morgan fingerprint density at radius 3 is 2.26 bits per heavy atom. The fraction of sp³-hybridized carbons (Fsp3) is 0.444. The van der Waals surface area contributed by atoms with Crippen LogP contribution in [-0.4, -0.2) is 41.8 Å². The average molecular weight is 465 g/mol. The zero-order chi connectivity index (χ0) is 24.1. The minimum Gasteiger partial charge on any atom is -0.481 e. The molecule has 2 aliphatic rings. The lowest BCUT2D eigenvalue weighted by atomic mass is 9.98. The van der Waals surface area contributed by atoms with Crippen molar-refractivity contribution in [2.45, 2.75) is 63.5 Å². The van der Waals surface area contributed by atoms with Crippen LogP contribution < -0.4 is 10.6 Å². The first kappa shape index (κ1) is 23.8. The number of hydrogen-bond acceptors (Lipinski definition) is 4. The molecule has 2 aromatic carbocycles. The molecular weight excluding hydrogens is 432 g/mol. The Morgan fingerprint density at radius 2 is 1.68 bits per heavy atom. The number of hydrogen-bond donors (Lipinski definition) is 3. The van der Waals surface area contributed by atoms with E-state index in [1.807, 2.05) is 31.2 Å². The van der Waals surface area contributed by atoms with E-state index in [1.54, 1.807) is 0 Å². The zero-order valence-corrected chi connectivity index (χ0v) is 19.5. The second-order valence-electron chi connectivity index (χ2n) is 9.27. The van der Waals surface area contributed by atoms with E-state index in [4.69, 9.17) is 9.84 Å². The lowest BCUT2D eigenvalue weighted by Crippen LogP contribution is -2.42. The van der Waals surface area contributed by atoms with Crippen LogP contribution in [-0.2, 0) is 14.3 Å². The molecule has 180 valence electrons. The van der Waals surface area contributed by atoms with Gasteiger partial charge in [-0.05, 0) is 47.9 Å². The summed E-state index contributed by atoms with van der Waals surface area (Å²) in [7, 11) is 0. The summed E-state index contributed by atoms with van der Waals surface area (Å²) in [5.74, 6) is -1.39. The SMILES string of the molecule is CCC[C@@H](CC(=O)NC1CCC(C(=O)O)C1)NC(=O)OCC1c2ccccc2-c2ccccc21. The van der Waals surface area contributed by atoms with Gasteiger partial charge in [0, 0.05) is 24.4 Å². The highest BCUT2D eigenvalue weighted by Crippen LogP contribution is 2.44. The van der Waals surface area contributed by atoms with Gasteiger partial charge in [-0.1, -0.05) is 61.9 Å². The Labute approximate surface area is 199 Å². The van der Waals surface area contributed by atoms with Crippen LogP contribution >= 0.6 is 0 Å². The number of fused-ring (bicyclic) bond motifs is 3. The molecule has 4 rings (SSSR count). The number of carboxylic acid groups (broad SMARTS) is 1. The minimum atomic E-state index is -0.808. The number of alkyl carbamates (subject to hydrolysis) is 1. The lowest BCUT2D eigenvalue weighted by Gasteiger charge is -2.20. The molecule has 2 amide bonds. The van der Waals surface area contributed by atoms with Crippen molar-refractivity contribution in [2.24, 2.45) is 5.92 Å². The molecule has 0 spiro atoms. The highest BCUT2D eigenvalue weighted by molar-refractivity contribution is 5.80. The van der Waals surface area contributed by atoms with Crippen molar-refractivity contribution in [3.05, 3.63) is 59.7 Å². The minimum absolute atomic E-state index is 0.0179. The summed E-state index contributed by atoms with van der Waals surface area (Å²) in [5.41, 5.74) is 4.64. The van der Waals surface area contributed by atoms with E-state index in [0.717, 1.165) is 17.5 Å². The normalized spacial score (nSPS) is 19.7. The summed E-state index contributed by atoms with van der Waals surface area (Å²) in [6, 6.07) is 15.9. The van der Waals surface area contributed by atoms with Crippen LogP contribution in [0.15, 0.2) is 48.5 Å². The monoisotopic (exact) mass is 464 g/mol. The summed E-state index contributed by atoms with van der Waals surface area (Å²) in [5, 5.41) is 14.9. The quantitative estimate of drug-likeness (QED) is 0.508. The molecule has 7 nitrogen and oxygen atoms in total. The maximum absolute atomic E-state index is 12.6. The number of rotatable bonds is 9. The Kier molecular flexibility index (Phi) is 7.50. The molecule has 1 fully saturated rings. The van der Waals surface area contributed by atoms with E-state index in [0.29, 0.717) is 25.7 Å². The summed E-state index contributed by atoms with van der Waals surface area (Å²) in [4.78, 5) is 36.3. The van der Waals surface area contributed by atoms with Gasteiger partial charge in [-0.3, -0.25) is 9.59 Å². The highest BCUT2D eigenvalue weighted by Gasteiger charge is 2.31. The van der Waals surface area contributed by atoms with Crippen LogP contribution in [0.5, 0.6) is 0 Å². The molecule has 2 unspecified atom stereocenters. The average Bonchev–Trinajstić information content (AvgIpc) is 3.41. The van der Waals surface area contributed by atoms with Gasteiger partial charge >= 0.3 is 12.1 Å². The van der Waals surface area contributed by atoms with Gasteiger partial charge in [0.25, 0.3) is 0 Å². The third-order valence-corrected chi connectivity index (χ3v) is 6.88. The smallest absolute Gasteiger partial charge is 0.407 e. The highest BCUT2D eigenvalue weighted by atomic mass is 16.5. The van der Waals surface area contributed by atoms with Crippen LogP contribution in [0.4, 0.5) is 4.79 Å². The maximum atomic E-state index is 12.6. The number of amides is 2. The third-order valence-electron chi connectivity index (χ3n) is 6.88.